The Balaban J connectivity index is 0.00000200. The third-order valence-electron chi connectivity index (χ3n) is 2.85. The first-order chi connectivity index (χ1) is 9.13. The SMILES string of the molecule is Cc1ccc(CC(=O)NCCc2ccc(N)cc2)s1.Cl. The molecule has 5 heteroatoms. The van der Waals surface area contributed by atoms with Gasteiger partial charge in [0, 0.05) is 22.0 Å². The van der Waals surface area contributed by atoms with Gasteiger partial charge in [-0.05, 0) is 43.2 Å². The number of nitrogens with two attached hydrogens (primary N) is 1. The second-order valence-electron chi connectivity index (χ2n) is 4.53. The van der Waals surface area contributed by atoms with Gasteiger partial charge in [-0.3, -0.25) is 4.79 Å². The zero-order valence-electron chi connectivity index (χ0n) is 11.4. The molecule has 0 bridgehead atoms. The second-order valence-corrected chi connectivity index (χ2v) is 5.90. The van der Waals surface area contributed by atoms with Gasteiger partial charge in [-0.25, -0.2) is 0 Å². The second kappa shape index (κ2) is 7.92. The maximum atomic E-state index is 11.7. The molecular formula is C15H19ClN2OS. The van der Waals surface area contributed by atoms with Gasteiger partial charge in [0.1, 0.15) is 0 Å². The van der Waals surface area contributed by atoms with Crippen molar-refractivity contribution in [1.82, 2.24) is 5.32 Å². The molecule has 0 spiro atoms. The van der Waals surface area contributed by atoms with Gasteiger partial charge in [0.05, 0.1) is 6.42 Å². The van der Waals surface area contributed by atoms with E-state index in [2.05, 4.69) is 5.32 Å². The topological polar surface area (TPSA) is 55.1 Å². The Bertz CT molecular complexity index is 551. The van der Waals surface area contributed by atoms with E-state index in [0.717, 1.165) is 17.0 Å². The Morgan fingerprint density at radius 2 is 1.90 bits per heavy atom. The predicted octanol–water partition coefficient (Wildman–Crippen LogP) is 2.96. The summed E-state index contributed by atoms with van der Waals surface area (Å²) in [6.07, 6.45) is 1.30. The molecule has 2 rings (SSSR count). The largest absolute Gasteiger partial charge is 0.399 e. The standard InChI is InChI=1S/C15H18N2OS.ClH/c1-11-2-7-14(19-11)10-15(18)17-9-8-12-3-5-13(16)6-4-12;/h2-7H,8-10,16H2,1H3,(H,17,18);1H. The minimum atomic E-state index is 0. The number of carbonyl (C=O) groups is 1. The van der Waals surface area contributed by atoms with Crippen molar-refractivity contribution in [2.75, 3.05) is 12.3 Å². The molecule has 0 fully saturated rings. The maximum absolute atomic E-state index is 11.7. The van der Waals surface area contributed by atoms with E-state index in [-0.39, 0.29) is 18.3 Å². The fourth-order valence-corrected chi connectivity index (χ4v) is 2.72. The van der Waals surface area contributed by atoms with Crippen LogP contribution in [0.15, 0.2) is 36.4 Å². The summed E-state index contributed by atoms with van der Waals surface area (Å²) in [6, 6.07) is 11.8. The van der Waals surface area contributed by atoms with Gasteiger partial charge in [0.15, 0.2) is 0 Å². The van der Waals surface area contributed by atoms with Crippen LogP contribution in [0, 0.1) is 6.92 Å². The Labute approximate surface area is 129 Å². The van der Waals surface area contributed by atoms with E-state index in [4.69, 9.17) is 5.73 Å². The Morgan fingerprint density at radius 3 is 2.50 bits per heavy atom. The van der Waals surface area contributed by atoms with Crippen molar-refractivity contribution in [3.05, 3.63) is 51.7 Å². The third kappa shape index (κ3) is 5.23. The zero-order valence-corrected chi connectivity index (χ0v) is 13.0. The van der Waals surface area contributed by atoms with Crippen molar-refractivity contribution in [3.63, 3.8) is 0 Å². The summed E-state index contributed by atoms with van der Waals surface area (Å²) in [7, 11) is 0. The van der Waals surface area contributed by atoms with Crippen LogP contribution in [0.25, 0.3) is 0 Å². The van der Waals surface area contributed by atoms with Crippen LogP contribution in [-0.2, 0) is 17.6 Å². The lowest BCUT2D eigenvalue weighted by molar-refractivity contribution is -0.120. The molecule has 3 N–H and O–H groups in total. The number of thiophene rings is 1. The highest BCUT2D eigenvalue weighted by molar-refractivity contribution is 7.12. The first-order valence-corrected chi connectivity index (χ1v) is 7.11. The monoisotopic (exact) mass is 310 g/mol. The van der Waals surface area contributed by atoms with Crippen LogP contribution >= 0.6 is 23.7 Å². The predicted molar refractivity (Wildman–Crippen MR) is 87.6 cm³/mol. The average molecular weight is 311 g/mol. The highest BCUT2D eigenvalue weighted by Gasteiger charge is 2.04. The van der Waals surface area contributed by atoms with E-state index >= 15 is 0 Å². The van der Waals surface area contributed by atoms with Gasteiger partial charge in [0.25, 0.3) is 0 Å². The molecule has 2 aromatic rings. The smallest absolute Gasteiger partial charge is 0.225 e. The molecule has 1 aromatic carbocycles. The number of hydrogen-bond donors (Lipinski definition) is 2. The minimum absolute atomic E-state index is 0. The average Bonchev–Trinajstić information content (AvgIpc) is 2.77. The van der Waals surface area contributed by atoms with E-state index in [1.54, 1.807) is 11.3 Å². The maximum Gasteiger partial charge on any atom is 0.225 e. The number of nitrogens with one attached hydrogen (secondary N) is 1. The van der Waals surface area contributed by atoms with Crippen LogP contribution in [0.5, 0.6) is 0 Å². The van der Waals surface area contributed by atoms with Crippen LogP contribution in [-0.4, -0.2) is 12.5 Å². The fraction of sp³-hybridized carbons (Fsp3) is 0.267. The summed E-state index contributed by atoms with van der Waals surface area (Å²) < 4.78 is 0. The molecule has 20 heavy (non-hydrogen) atoms. The molecule has 0 saturated heterocycles. The van der Waals surface area contributed by atoms with Gasteiger partial charge in [-0.1, -0.05) is 12.1 Å². The summed E-state index contributed by atoms with van der Waals surface area (Å²) in [4.78, 5) is 14.1. The molecule has 1 amide bonds. The molecule has 0 atom stereocenters. The number of rotatable bonds is 5. The van der Waals surface area contributed by atoms with Crippen LogP contribution < -0.4 is 11.1 Å². The molecule has 108 valence electrons. The highest BCUT2D eigenvalue weighted by atomic mass is 35.5. The molecular weight excluding hydrogens is 292 g/mol. The molecule has 1 heterocycles. The van der Waals surface area contributed by atoms with E-state index in [1.807, 2.05) is 43.3 Å². The summed E-state index contributed by atoms with van der Waals surface area (Å²) in [5, 5.41) is 2.94. The Morgan fingerprint density at radius 1 is 1.20 bits per heavy atom. The number of hydrogen-bond acceptors (Lipinski definition) is 3. The summed E-state index contributed by atoms with van der Waals surface area (Å²) in [5.74, 6) is 0.0808. The van der Waals surface area contributed by atoms with Crippen LogP contribution in [0.4, 0.5) is 5.69 Å². The number of benzene rings is 1. The quantitative estimate of drug-likeness (QED) is 0.834. The summed E-state index contributed by atoms with van der Waals surface area (Å²) >= 11 is 1.67. The number of amides is 1. The highest BCUT2D eigenvalue weighted by Crippen LogP contribution is 2.15. The molecule has 0 radical (unpaired) electrons. The van der Waals surface area contributed by atoms with Gasteiger partial charge >= 0.3 is 0 Å². The van der Waals surface area contributed by atoms with E-state index < -0.39 is 0 Å². The lowest BCUT2D eigenvalue weighted by Gasteiger charge is -2.05. The molecule has 0 aliphatic heterocycles. The first kappa shape index (κ1) is 16.5. The van der Waals surface area contributed by atoms with E-state index in [0.29, 0.717) is 13.0 Å². The van der Waals surface area contributed by atoms with Crippen molar-refractivity contribution >= 4 is 35.3 Å². The molecule has 3 nitrogen and oxygen atoms in total. The van der Waals surface area contributed by atoms with Gasteiger partial charge in [-0.2, -0.15) is 0 Å². The summed E-state index contributed by atoms with van der Waals surface area (Å²) in [5.41, 5.74) is 7.57. The molecule has 0 aliphatic carbocycles. The normalized spacial score (nSPS) is 9.85. The van der Waals surface area contributed by atoms with Crippen molar-refractivity contribution < 1.29 is 4.79 Å². The van der Waals surface area contributed by atoms with Crippen LogP contribution in [0.2, 0.25) is 0 Å². The number of halogens is 1. The fourth-order valence-electron chi connectivity index (χ4n) is 1.83. The van der Waals surface area contributed by atoms with Gasteiger partial charge in [0.2, 0.25) is 5.91 Å². The lowest BCUT2D eigenvalue weighted by Crippen LogP contribution is -2.26. The van der Waals surface area contributed by atoms with Crippen LogP contribution in [0.1, 0.15) is 15.3 Å². The number of aryl methyl sites for hydroxylation is 1. The van der Waals surface area contributed by atoms with Gasteiger partial charge < -0.3 is 11.1 Å². The molecule has 0 saturated carbocycles. The van der Waals surface area contributed by atoms with E-state index in [9.17, 15) is 4.79 Å². The number of carbonyl (C=O) groups excluding carboxylic acids is 1. The van der Waals surface area contributed by atoms with E-state index in [1.165, 1.54) is 10.4 Å². The number of anilines is 1. The van der Waals surface area contributed by atoms with Crippen molar-refractivity contribution in [3.8, 4) is 0 Å². The molecule has 1 aromatic heterocycles. The number of nitrogen functional groups attached to an aromatic ring is 1. The lowest BCUT2D eigenvalue weighted by atomic mass is 10.1. The van der Waals surface area contributed by atoms with Crippen LogP contribution in [0.3, 0.4) is 0 Å². The molecule has 0 unspecified atom stereocenters. The van der Waals surface area contributed by atoms with Crippen molar-refractivity contribution in [1.29, 1.82) is 0 Å². The summed E-state index contributed by atoms with van der Waals surface area (Å²) in [6.45, 7) is 2.71. The van der Waals surface area contributed by atoms with Gasteiger partial charge in [-0.15, -0.1) is 23.7 Å². The minimum Gasteiger partial charge on any atom is -0.399 e. The van der Waals surface area contributed by atoms with Crippen molar-refractivity contribution in [2.45, 2.75) is 19.8 Å². The first-order valence-electron chi connectivity index (χ1n) is 6.30. The van der Waals surface area contributed by atoms with Crippen molar-refractivity contribution in [2.24, 2.45) is 0 Å². The zero-order chi connectivity index (χ0) is 13.7. The third-order valence-corrected chi connectivity index (χ3v) is 3.85. The molecule has 0 aliphatic rings. The Hall–Kier alpha value is -1.52. The Kier molecular flexibility index (Phi) is 6.55.